The summed E-state index contributed by atoms with van der Waals surface area (Å²) in [6.45, 7) is 1.54. The van der Waals surface area contributed by atoms with Gasteiger partial charge in [0.2, 0.25) is 0 Å². The van der Waals surface area contributed by atoms with Crippen LogP contribution in [0.1, 0.15) is 12.8 Å². The van der Waals surface area contributed by atoms with Crippen LogP contribution in [-0.4, -0.2) is 34.5 Å². The standard InChI is InChI=1S/C7H10BrN3O2/c8-11-3-1-7(2-4-11)5(12)9-6(13)10-7/h1-4H2,(H2,9,10,12,13). The Balaban J connectivity index is 2.13. The van der Waals surface area contributed by atoms with E-state index in [0.717, 1.165) is 13.1 Å². The lowest BCUT2D eigenvalue weighted by Gasteiger charge is -2.33. The van der Waals surface area contributed by atoms with Gasteiger partial charge in [0.05, 0.1) is 0 Å². The Morgan fingerprint density at radius 1 is 1.31 bits per heavy atom. The number of hydrogen-bond acceptors (Lipinski definition) is 3. The predicted octanol–water partition coefficient (Wildman–Crippen LogP) is -0.0297. The summed E-state index contributed by atoms with van der Waals surface area (Å²) in [4.78, 5) is 22.4. The van der Waals surface area contributed by atoms with E-state index < -0.39 is 5.54 Å². The Bertz CT molecular complexity index is 260. The number of amides is 3. The normalized spacial score (nSPS) is 27.5. The van der Waals surface area contributed by atoms with E-state index in [1.165, 1.54) is 0 Å². The Morgan fingerprint density at radius 2 is 1.92 bits per heavy atom. The Kier molecular flexibility index (Phi) is 2.03. The molecule has 0 aromatic heterocycles. The zero-order valence-electron chi connectivity index (χ0n) is 6.97. The molecule has 6 heteroatoms. The molecule has 1 spiro atoms. The summed E-state index contributed by atoms with van der Waals surface area (Å²) in [7, 11) is 0. The Labute approximate surface area is 84.2 Å². The zero-order chi connectivity index (χ0) is 9.47. The molecule has 2 aliphatic rings. The molecule has 2 heterocycles. The molecule has 2 rings (SSSR count). The molecule has 0 unspecified atom stereocenters. The van der Waals surface area contributed by atoms with Crippen molar-refractivity contribution >= 4 is 28.1 Å². The van der Waals surface area contributed by atoms with Crippen molar-refractivity contribution in [3.05, 3.63) is 0 Å². The lowest BCUT2D eigenvalue weighted by atomic mass is 9.89. The van der Waals surface area contributed by atoms with Crippen molar-refractivity contribution in [3.8, 4) is 0 Å². The zero-order valence-corrected chi connectivity index (χ0v) is 8.56. The van der Waals surface area contributed by atoms with Crippen molar-refractivity contribution in [1.29, 1.82) is 0 Å². The second kappa shape index (κ2) is 2.95. The highest BCUT2D eigenvalue weighted by Crippen LogP contribution is 2.26. The van der Waals surface area contributed by atoms with Crippen LogP contribution in [0.2, 0.25) is 0 Å². The number of carbonyl (C=O) groups excluding carboxylic acids is 2. The predicted molar refractivity (Wildman–Crippen MR) is 49.1 cm³/mol. The van der Waals surface area contributed by atoms with Crippen LogP contribution in [0.3, 0.4) is 0 Å². The lowest BCUT2D eigenvalue weighted by molar-refractivity contribution is -0.125. The van der Waals surface area contributed by atoms with E-state index in [2.05, 4.69) is 26.8 Å². The first-order chi connectivity index (χ1) is 6.12. The molecule has 0 aromatic rings. The highest BCUT2D eigenvalue weighted by Gasteiger charge is 2.47. The first-order valence-electron chi connectivity index (χ1n) is 4.17. The van der Waals surface area contributed by atoms with Gasteiger partial charge in [0.25, 0.3) is 5.91 Å². The van der Waals surface area contributed by atoms with Crippen LogP contribution in [0.5, 0.6) is 0 Å². The molecule has 2 fully saturated rings. The van der Waals surface area contributed by atoms with Gasteiger partial charge in [-0.25, -0.2) is 8.72 Å². The molecule has 0 bridgehead atoms. The smallest absolute Gasteiger partial charge is 0.322 e. The molecule has 0 saturated carbocycles. The third kappa shape index (κ3) is 1.44. The summed E-state index contributed by atoms with van der Waals surface area (Å²) >= 11 is 3.34. The topological polar surface area (TPSA) is 61.4 Å². The number of carbonyl (C=O) groups is 2. The highest BCUT2D eigenvalue weighted by atomic mass is 79.9. The summed E-state index contributed by atoms with van der Waals surface area (Å²) in [6, 6.07) is -0.368. The van der Waals surface area contributed by atoms with Gasteiger partial charge in [-0.15, -0.1) is 0 Å². The number of nitrogens with zero attached hydrogens (tertiary/aromatic N) is 1. The average molecular weight is 248 g/mol. The monoisotopic (exact) mass is 247 g/mol. The number of hydrogen-bond donors (Lipinski definition) is 2. The van der Waals surface area contributed by atoms with Gasteiger partial charge in [-0.3, -0.25) is 10.1 Å². The molecular weight excluding hydrogens is 238 g/mol. The molecule has 2 N–H and O–H groups in total. The molecule has 0 aliphatic carbocycles. The highest BCUT2D eigenvalue weighted by molar-refractivity contribution is 9.07. The van der Waals surface area contributed by atoms with E-state index in [1.54, 1.807) is 0 Å². The molecule has 72 valence electrons. The molecule has 0 aromatic carbocycles. The molecule has 13 heavy (non-hydrogen) atoms. The van der Waals surface area contributed by atoms with E-state index in [4.69, 9.17) is 0 Å². The summed E-state index contributed by atoms with van der Waals surface area (Å²) < 4.78 is 1.97. The third-order valence-corrected chi connectivity index (χ3v) is 3.29. The molecule has 2 aliphatic heterocycles. The summed E-state index contributed by atoms with van der Waals surface area (Å²) in [5.74, 6) is -0.182. The minimum Gasteiger partial charge on any atom is -0.323 e. The van der Waals surface area contributed by atoms with Crippen molar-refractivity contribution in [2.24, 2.45) is 0 Å². The Morgan fingerprint density at radius 3 is 2.38 bits per heavy atom. The number of nitrogens with one attached hydrogen (secondary N) is 2. The van der Waals surface area contributed by atoms with Crippen LogP contribution in [0.15, 0.2) is 0 Å². The van der Waals surface area contributed by atoms with Crippen LogP contribution in [0.25, 0.3) is 0 Å². The summed E-state index contributed by atoms with van der Waals surface area (Å²) in [5, 5.41) is 4.96. The number of imide groups is 1. The van der Waals surface area contributed by atoms with Gasteiger partial charge in [-0.1, -0.05) is 0 Å². The van der Waals surface area contributed by atoms with Gasteiger partial charge >= 0.3 is 6.03 Å². The lowest BCUT2D eigenvalue weighted by Crippen LogP contribution is -2.53. The minimum absolute atomic E-state index is 0.182. The first kappa shape index (κ1) is 8.96. The van der Waals surface area contributed by atoms with Crippen molar-refractivity contribution < 1.29 is 9.59 Å². The maximum atomic E-state index is 11.4. The van der Waals surface area contributed by atoms with Gasteiger partial charge in [-0.2, -0.15) is 0 Å². The maximum absolute atomic E-state index is 11.4. The van der Waals surface area contributed by atoms with Crippen molar-refractivity contribution in [2.45, 2.75) is 18.4 Å². The van der Waals surface area contributed by atoms with Gasteiger partial charge in [0.15, 0.2) is 0 Å². The van der Waals surface area contributed by atoms with Gasteiger partial charge in [0, 0.05) is 29.2 Å². The van der Waals surface area contributed by atoms with E-state index >= 15 is 0 Å². The van der Waals surface area contributed by atoms with E-state index in [0.29, 0.717) is 12.8 Å². The largest absolute Gasteiger partial charge is 0.323 e. The molecule has 0 atom stereocenters. The van der Waals surface area contributed by atoms with Crippen LogP contribution in [0, 0.1) is 0 Å². The van der Waals surface area contributed by atoms with Gasteiger partial charge in [0.1, 0.15) is 5.54 Å². The van der Waals surface area contributed by atoms with Crippen LogP contribution in [0.4, 0.5) is 4.79 Å². The average Bonchev–Trinajstić information content (AvgIpc) is 2.34. The number of rotatable bonds is 0. The second-order valence-electron chi connectivity index (χ2n) is 3.40. The summed E-state index contributed by atoms with van der Waals surface area (Å²) in [6.07, 6.45) is 1.33. The molecule has 5 nitrogen and oxygen atoms in total. The van der Waals surface area contributed by atoms with Crippen molar-refractivity contribution in [3.63, 3.8) is 0 Å². The molecule has 0 radical (unpaired) electrons. The number of piperidine rings is 1. The van der Waals surface area contributed by atoms with Gasteiger partial charge < -0.3 is 5.32 Å². The van der Waals surface area contributed by atoms with E-state index in [1.807, 2.05) is 3.93 Å². The molecular formula is C7H10BrN3O2. The molecule has 3 amide bonds. The van der Waals surface area contributed by atoms with Crippen LogP contribution < -0.4 is 10.6 Å². The molecule has 2 saturated heterocycles. The maximum Gasteiger partial charge on any atom is 0.322 e. The van der Waals surface area contributed by atoms with Crippen LogP contribution in [-0.2, 0) is 4.79 Å². The minimum atomic E-state index is -0.638. The van der Waals surface area contributed by atoms with Crippen molar-refractivity contribution in [2.75, 3.05) is 13.1 Å². The SMILES string of the molecule is O=C1NC(=O)C2(CCN(Br)CC2)N1. The first-order valence-corrected chi connectivity index (χ1v) is 4.88. The third-order valence-electron chi connectivity index (χ3n) is 2.58. The van der Waals surface area contributed by atoms with E-state index in [9.17, 15) is 9.59 Å². The number of urea groups is 1. The van der Waals surface area contributed by atoms with Crippen molar-refractivity contribution in [1.82, 2.24) is 14.6 Å². The Hall–Kier alpha value is -0.620. The van der Waals surface area contributed by atoms with E-state index in [-0.39, 0.29) is 11.9 Å². The fourth-order valence-electron chi connectivity index (χ4n) is 1.74. The summed E-state index contributed by atoms with van der Waals surface area (Å²) in [5.41, 5.74) is -0.638. The van der Waals surface area contributed by atoms with Gasteiger partial charge in [-0.05, 0) is 12.8 Å². The second-order valence-corrected chi connectivity index (χ2v) is 4.40. The number of halogens is 1. The quantitative estimate of drug-likeness (QED) is 0.467. The fourth-order valence-corrected chi connectivity index (χ4v) is 2.10. The fraction of sp³-hybridized carbons (Fsp3) is 0.714. The van der Waals surface area contributed by atoms with Crippen LogP contribution >= 0.6 is 16.1 Å².